The fourth-order valence-corrected chi connectivity index (χ4v) is 3.13. The predicted molar refractivity (Wildman–Crippen MR) is 90.3 cm³/mol. The number of rotatable bonds is 4. The van der Waals surface area contributed by atoms with Crippen molar-refractivity contribution in [2.75, 3.05) is 33.2 Å². The predicted octanol–water partition coefficient (Wildman–Crippen LogP) is 1.47. The lowest BCUT2D eigenvalue weighted by atomic mass is 10.2. The van der Waals surface area contributed by atoms with E-state index < -0.39 is 0 Å². The van der Waals surface area contributed by atoms with Crippen molar-refractivity contribution in [3.05, 3.63) is 23.5 Å². The van der Waals surface area contributed by atoms with Crippen LogP contribution in [-0.4, -0.2) is 63.7 Å². The quantitative estimate of drug-likeness (QED) is 0.857. The topological polar surface area (TPSA) is 54.3 Å². The van der Waals surface area contributed by atoms with Crippen molar-refractivity contribution in [1.29, 1.82) is 0 Å². The molecule has 3 heterocycles. The number of hydrogen-bond donors (Lipinski definition) is 0. The smallest absolute Gasteiger partial charge is 0.242 e. The maximum Gasteiger partial charge on any atom is 0.242 e. The molecule has 0 aliphatic carbocycles. The fraction of sp³-hybridized carbons (Fsp3) is 0.588. The van der Waals surface area contributed by atoms with Crippen LogP contribution >= 0.6 is 0 Å². The minimum atomic E-state index is 0.188. The zero-order chi connectivity index (χ0) is 16.4. The lowest BCUT2D eigenvalue weighted by Gasteiger charge is -2.32. The largest absolute Gasteiger partial charge is 0.339 e. The van der Waals surface area contributed by atoms with Crippen LogP contribution in [0.15, 0.2) is 12.3 Å². The number of aryl methyl sites for hydroxylation is 2. The molecule has 0 N–H and O–H groups in total. The van der Waals surface area contributed by atoms with Crippen LogP contribution < -0.4 is 0 Å². The second kappa shape index (κ2) is 6.66. The molecule has 0 aromatic carbocycles. The fourth-order valence-electron chi connectivity index (χ4n) is 3.13. The first-order valence-electron chi connectivity index (χ1n) is 8.37. The molecule has 1 aliphatic rings. The van der Waals surface area contributed by atoms with Crippen LogP contribution in [0, 0.1) is 6.92 Å². The Morgan fingerprint density at radius 3 is 2.65 bits per heavy atom. The van der Waals surface area contributed by atoms with Gasteiger partial charge in [-0.25, -0.2) is 0 Å². The molecule has 1 fully saturated rings. The van der Waals surface area contributed by atoms with Gasteiger partial charge in [0.05, 0.1) is 11.2 Å². The highest BCUT2D eigenvalue weighted by Gasteiger charge is 2.20. The minimum Gasteiger partial charge on any atom is -0.339 e. The molecule has 2 aromatic heterocycles. The van der Waals surface area contributed by atoms with Crippen LogP contribution in [0.5, 0.6) is 0 Å². The van der Waals surface area contributed by atoms with Crippen molar-refractivity contribution in [2.45, 2.75) is 33.2 Å². The number of hydrogen-bond acceptors (Lipinski definition) is 4. The van der Waals surface area contributed by atoms with Crippen molar-refractivity contribution in [3.8, 4) is 0 Å². The van der Waals surface area contributed by atoms with E-state index in [0.29, 0.717) is 6.54 Å². The number of carbonyl (C=O) groups excluding carboxylic acids is 1. The highest BCUT2D eigenvalue weighted by atomic mass is 16.2. The van der Waals surface area contributed by atoms with Gasteiger partial charge in [-0.05, 0) is 32.0 Å². The molecule has 1 aliphatic heterocycles. The maximum absolute atomic E-state index is 12.6. The van der Waals surface area contributed by atoms with Gasteiger partial charge in [-0.2, -0.15) is 5.10 Å². The van der Waals surface area contributed by atoms with Crippen LogP contribution in [0.3, 0.4) is 0 Å². The second-order valence-electron chi connectivity index (χ2n) is 6.44. The van der Waals surface area contributed by atoms with Crippen LogP contribution in [0.2, 0.25) is 0 Å². The van der Waals surface area contributed by atoms with Crippen molar-refractivity contribution in [1.82, 2.24) is 24.6 Å². The SMILES string of the molecule is CCCc1cn(CC(=O)N2CCN(C)CC2)c2cc(C)nnc12. The molecule has 6 heteroatoms. The standard InChI is InChI=1S/C17H25N5O/c1-4-5-14-11-22(15-10-13(2)18-19-17(14)15)12-16(23)21-8-6-20(3)7-9-21/h10-11H,4-9,12H2,1-3H3. The van der Waals surface area contributed by atoms with Crippen LogP contribution in [-0.2, 0) is 17.8 Å². The summed E-state index contributed by atoms with van der Waals surface area (Å²) in [5.41, 5.74) is 4.01. The molecule has 6 nitrogen and oxygen atoms in total. The Balaban J connectivity index is 1.84. The summed E-state index contributed by atoms with van der Waals surface area (Å²) in [4.78, 5) is 16.8. The van der Waals surface area contributed by atoms with Crippen LogP contribution in [0.4, 0.5) is 0 Å². The van der Waals surface area contributed by atoms with Gasteiger partial charge in [-0.15, -0.1) is 5.10 Å². The van der Waals surface area contributed by atoms with Gasteiger partial charge in [-0.3, -0.25) is 4.79 Å². The number of aromatic nitrogens is 3. The van der Waals surface area contributed by atoms with Gasteiger partial charge in [0.25, 0.3) is 0 Å². The maximum atomic E-state index is 12.6. The Morgan fingerprint density at radius 2 is 1.96 bits per heavy atom. The van der Waals surface area contributed by atoms with Crippen LogP contribution in [0.25, 0.3) is 11.0 Å². The Hall–Kier alpha value is -1.95. The molecule has 0 bridgehead atoms. The van der Waals surface area contributed by atoms with Crippen LogP contribution in [0.1, 0.15) is 24.6 Å². The molecule has 0 radical (unpaired) electrons. The second-order valence-corrected chi connectivity index (χ2v) is 6.44. The summed E-state index contributed by atoms with van der Waals surface area (Å²) in [5, 5.41) is 8.52. The first-order chi connectivity index (χ1) is 11.1. The molecule has 0 spiro atoms. The van der Waals surface area contributed by atoms with Gasteiger partial charge in [0, 0.05) is 32.4 Å². The van der Waals surface area contributed by atoms with E-state index in [0.717, 1.165) is 55.7 Å². The minimum absolute atomic E-state index is 0.188. The van der Waals surface area contributed by atoms with E-state index in [1.165, 1.54) is 5.56 Å². The van der Waals surface area contributed by atoms with Gasteiger partial charge in [0.1, 0.15) is 12.1 Å². The zero-order valence-corrected chi connectivity index (χ0v) is 14.2. The number of nitrogens with zero attached hydrogens (tertiary/aromatic N) is 5. The highest BCUT2D eigenvalue weighted by molar-refractivity contribution is 5.83. The van der Waals surface area contributed by atoms with Crippen molar-refractivity contribution in [2.24, 2.45) is 0 Å². The molecule has 23 heavy (non-hydrogen) atoms. The van der Waals surface area contributed by atoms with E-state index in [4.69, 9.17) is 0 Å². The van der Waals surface area contributed by atoms with Crippen molar-refractivity contribution < 1.29 is 4.79 Å². The summed E-state index contributed by atoms with van der Waals surface area (Å²) in [6.07, 6.45) is 4.10. The molecule has 2 aromatic rings. The van der Waals surface area contributed by atoms with Gasteiger partial charge in [-0.1, -0.05) is 13.3 Å². The van der Waals surface area contributed by atoms with E-state index >= 15 is 0 Å². The lowest BCUT2D eigenvalue weighted by Crippen LogP contribution is -2.48. The Labute approximate surface area is 137 Å². The summed E-state index contributed by atoms with van der Waals surface area (Å²) >= 11 is 0. The van der Waals surface area contributed by atoms with E-state index in [-0.39, 0.29) is 5.91 Å². The summed E-state index contributed by atoms with van der Waals surface area (Å²) in [6, 6.07) is 2.03. The molecular formula is C17H25N5O. The first kappa shape index (κ1) is 15.9. The number of amides is 1. The molecule has 1 saturated heterocycles. The molecule has 0 atom stereocenters. The number of fused-ring (bicyclic) bond motifs is 1. The van der Waals surface area contributed by atoms with E-state index in [1.54, 1.807) is 0 Å². The van der Waals surface area contributed by atoms with E-state index in [2.05, 4.69) is 35.3 Å². The molecular weight excluding hydrogens is 290 g/mol. The Kier molecular flexibility index (Phi) is 4.61. The Bertz CT molecular complexity index is 700. The Morgan fingerprint density at radius 1 is 1.22 bits per heavy atom. The van der Waals surface area contributed by atoms with Gasteiger partial charge < -0.3 is 14.4 Å². The number of piperazine rings is 1. The zero-order valence-electron chi connectivity index (χ0n) is 14.2. The number of likely N-dealkylation sites (N-methyl/N-ethyl adjacent to an activating group) is 1. The highest BCUT2D eigenvalue weighted by Crippen LogP contribution is 2.21. The average molecular weight is 315 g/mol. The van der Waals surface area contributed by atoms with Crippen molar-refractivity contribution >= 4 is 16.9 Å². The van der Waals surface area contributed by atoms with Gasteiger partial charge in [0.2, 0.25) is 5.91 Å². The molecule has 3 rings (SSSR count). The van der Waals surface area contributed by atoms with Crippen molar-refractivity contribution in [3.63, 3.8) is 0 Å². The third-order valence-corrected chi connectivity index (χ3v) is 4.50. The number of carbonyl (C=O) groups is 1. The normalized spacial score (nSPS) is 16.2. The third kappa shape index (κ3) is 3.37. The van der Waals surface area contributed by atoms with Gasteiger partial charge in [0.15, 0.2) is 0 Å². The third-order valence-electron chi connectivity index (χ3n) is 4.50. The summed E-state index contributed by atoms with van der Waals surface area (Å²) < 4.78 is 2.04. The monoisotopic (exact) mass is 315 g/mol. The first-order valence-corrected chi connectivity index (χ1v) is 8.37. The lowest BCUT2D eigenvalue weighted by molar-refractivity contribution is -0.133. The molecule has 0 unspecified atom stereocenters. The van der Waals surface area contributed by atoms with E-state index in [9.17, 15) is 4.79 Å². The molecule has 124 valence electrons. The average Bonchev–Trinajstić information content (AvgIpc) is 2.85. The molecule has 1 amide bonds. The van der Waals surface area contributed by atoms with E-state index in [1.807, 2.05) is 22.5 Å². The molecule has 0 saturated carbocycles. The van der Waals surface area contributed by atoms with Gasteiger partial charge >= 0.3 is 0 Å². The summed E-state index contributed by atoms with van der Waals surface area (Å²) in [5.74, 6) is 0.188. The summed E-state index contributed by atoms with van der Waals surface area (Å²) in [7, 11) is 2.10. The summed E-state index contributed by atoms with van der Waals surface area (Å²) in [6.45, 7) is 8.00.